The van der Waals surface area contributed by atoms with Crippen LogP contribution in [-0.4, -0.2) is 15.0 Å². The third-order valence-electron chi connectivity index (χ3n) is 5.04. The summed E-state index contributed by atoms with van der Waals surface area (Å²) in [6.07, 6.45) is 1.63. The molecule has 0 radical (unpaired) electrons. The van der Waals surface area contributed by atoms with Crippen LogP contribution in [0, 0.1) is 6.92 Å². The molecule has 0 unspecified atom stereocenters. The molecule has 1 N–H and O–H groups in total. The molecular formula is C22H21N3O2. The van der Waals surface area contributed by atoms with Gasteiger partial charge in [0.25, 0.3) is 11.5 Å². The molecule has 0 fully saturated rings. The van der Waals surface area contributed by atoms with Crippen LogP contribution < -0.4 is 10.9 Å². The van der Waals surface area contributed by atoms with E-state index >= 15 is 0 Å². The van der Waals surface area contributed by atoms with Gasteiger partial charge in [0.05, 0.1) is 5.56 Å². The molecule has 0 bridgehead atoms. The van der Waals surface area contributed by atoms with Gasteiger partial charge in [-0.3, -0.25) is 9.59 Å². The summed E-state index contributed by atoms with van der Waals surface area (Å²) in [7, 11) is 3.54. The van der Waals surface area contributed by atoms with Crippen LogP contribution in [0.5, 0.6) is 0 Å². The molecule has 0 aliphatic heterocycles. The fourth-order valence-corrected chi connectivity index (χ4v) is 3.56. The third kappa shape index (κ3) is 2.81. The summed E-state index contributed by atoms with van der Waals surface area (Å²) in [5, 5.41) is 4.60. The summed E-state index contributed by atoms with van der Waals surface area (Å²) in [6.45, 7) is 2.47. The van der Waals surface area contributed by atoms with E-state index in [-0.39, 0.29) is 11.5 Å². The van der Waals surface area contributed by atoms with E-state index < -0.39 is 0 Å². The number of rotatable bonds is 3. The zero-order valence-corrected chi connectivity index (χ0v) is 15.6. The van der Waals surface area contributed by atoms with Crippen LogP contribution in [-0.2, 0) is 20.6 Å². The van der Waals surface area contributed by atoms with Crippen molar-refractivity contribution in [3.8, 4) is 0 Å². The average molecular weight is 359 g/mol. The number of nitrogens with one attached hydrogen (secondary N) is 1. The van der Waals surface area contributed by atoms with Crippen molar-refractivity contribution in [2.45, 2.75) is 13.5 Å². The first kappa shape index (κ1) is 17.1. The molecule has 0 aliphatic carbocycles. The summed E-state index contributed by atoms with van der Waals surface area (Å²) in [6, 6.07) is 15.8. The monoisotopic (exact) mass is 359 g/mol. The Morgan fingerprint density at radius 2 is 1.74 bits per heavy atom. The van der Waals surface area contributed by atoms with E-state index in [1.807, 2.05) is 67.1 Å². The molecule has 4 aromatic rings. The van der Waals surface area contributed by atoms with E-state index in [9.17, 15) is 9.59 Å². The van der Waals surface area contributed by atoms with Crippen molar-refractivity contribution in [2.75, 3.05) is 0 Å². The maximum absolute atomic E-state index is 13.0. The van der Waals surface area contributed by atoms with E-state index in [0.29, 0.717) is 23.0 Å². The second-order valence-corrected chi connectivity index (χ2v) is 6.93. The minimum atomic E-state index is -0.187. The van der Waals surface area contributed by atoms with Gasteiger partial charge in [-0.25, -0.2) is 0 Å². The van der Waals surface area contributed by atoms with Gasteiger partial charge >= 0.3 is 0 Å². The lowest BCUT2D eigenvalue weighted by Gasteiger charge is -2.09. The predicted molar refractivity (Wildman–Crippen MR) is 108 cm³/mol. The van der Waals surface area contributed by atoms with Gasteiger partial charge < -0.3 is 14.5 Å². The lowest BCUT2D eigenvalue weighted by molar-refractivity contribution is 0.0952. The van der Waals surface area contributed by atoms with Gasteiger partial charge in [0.2, 0.25) is 0 Å². The van der Waals surface area contributed by atoms with Crippen molar-refractivity contribution in [1.82, 2.24) is 14.5 Å². The van der Waals surface area contributed by atoms with Gasteiger partial charge in [-0.2, -0.15) is 0 Å². The highest BCUT2D eigenvalue weighted by atomic mass is 16.2. The van der Waals surface area contributed by atoms with Gasteiger partial charge in [-0.05, 0) is 18.6 Å². The number of carbonyl (C=O) groups excluding carboxylic acids is 1. The van der Waals surface area contributed by atoms with E-state index in [1.54, 1.807) is 13.2 Å². The Morgan fingerprint density at radius 1 is 1.04 bits per heavy atom. The number of amides is 1. The lowest BCUT2D eigenvalue weighted by Crippen LogP contribution is -2.26. The van der Waals surface area contributed by atoms with Crippen molar-refractivity contribution >= 4 is 27.7 Å². The molecule has 5 nitrogen and oxygen atoms in total. The topological polar surface area (TPSA) is 56.0 Å². The first-order valence-corrected chi connectivity index (χ1v) is 8.88. The number of benzene rings is 2. The highest BCUT2D eigenvalue weighted by Gasteiger charge is 2.20. The summed E-state index contributed by atoms with van der Waals surface area (Å²) in [5.74, 6) is -0.187. The second-order valence-electron chi connectivity index (χ2n) is 6.93. The number of para-hydroxylation sites is 1. The predicted octanol–water partition coefficient (Wildman–Crippen LogP) is 3.27. The number of hydrogen-bond donors (Lipinski definition) is 1. The minimum Gasteiger partial charge on any atom is -0.348 e. The van der Waals surface area contributed by atoms with Crippen molar-refractivity contribution in [1.29, 1.82) is 0 Å². The molecule has 5 heteroatoms. The van der Waals surface area contributed by atoms with Crippen molar-refractivity contribution in [3.63, 3.8) is 0 Å². The minimum absolute atomic E-state index is 0.112. The third-order valence-corrected chi connectivity index (χ3v) is 5.04. The Hall–Kier alpha value is -3.34. The Labute approximate surface area is 156 Å². The Morgan fingerprint density at radius 3 is 2.48 bits per heavy atom. The quantitative estimate of drug-likeness (QED) is 0.610. The van der Waals surface area contributed by atoms with Gasteiger partial charge in [0.1, 0.15) is 5.52 Å². The first-order chi connectivity index (χ1) is 13.0. The first-order valence-electron chi connectivity index (χ1n) is 8.88. The van der Waals surface area contributed by atoms with E-state index in [4.69, 9.17) is 0 Å². The number of fused-ring (bicyclic) bond motifs is 3. The van der Waals surface area contributed by atoms with Crippen LogP contribution in [0.4, 0.5) is 0 Å². The fourth-order valence-electron chi connectivity index (χ4n) is 3.56. The molecule has 27 heavy (non-hydrogen) atoms. The number of pyridine rings is 1. The maximum atomic E-state index is 13.0. The number of aromatic nitrogens is 2. The number of hydrogen-bond acceptors (Lipinski definition) is 2. The van der Waals surface area contributed by atoms with Crippen LogP contribution in [0.15, 0.2) is 59.5 Å². The van der Waals surface area contributed by atoms with Crippen LogP contribution in [0.2, 0.25) is 0 Å². The SMILES string of the molecule is Cc1ccc(CNC(=O)c2cn(C)c(=O)c3c2c2ccccc2n3C)cc1. The molecule has 1 amide bonds. The summed E-state index contributed by atoms with van der Waals surface area (Å²) in [5.41, 5.74) is 4.09. The fraction of sp³-hybridized carbons (Fsp3) is 0.182. The standard InChI is InChI=1S/C22H21N3O2/c1-14-8-10-15(11-9-14)12-23-21(26)17-13-24(2)22(27)20-19(17)16-6-4-5-7-18(16)25(20)3/h4-11,13H,12H2,1-3H3,(H,23,26). The normalized spacial score (nSPS) is 11.2. The van der Waals surface area contributed by atoms with Gasteiger partial charge in [-0.15, -0.1) is 0 Å². The van der Waals surface area contributed by atoms with Gasteiger partial charge in [-0.1, -0.05) is 48.0 Å². The van der Waals surface area contributed by atoms with Crippen molar-refractivity contribution in [2.24, 2.45) is 14.1 Å². The van der Waals surface area contributed by atoms with Gasteiger partial charge in [0, 0.05) is 43.1 Å². The van der Waals surface area contributed by atoms with Crippen LogP contribution in [0.1, 0.15) is 21.5 Å². The lowest BCUT2D eigenvalue weighted by atomic mass is 10.1. The molecule has 0 saturated carbocycles. The Balaban J connectivity index is 1.82. The number of aryl methyl sites for hydroxylation is 3. The Bertz CT molecular complexity index is 1230. The summed E-state index contributed by atoms with van der Waals surface area (Å²) in [4.78, 5) is 25.7. The molecule has 0 spiro atoms. The van der Waals surface area contributed by atoms with E-state index in [0.717, 1.165) is 16.5 Å². The number of carbonyl (C=O) groups is 1. The van der Waals surface area contributed by atoms with Crippen LogP contribution in [0.25, 0.3) is 21.8 Å². The molecule has 0 saturated heterocycles. The maximum Gasteiger partial charge on any atom is 0.274 e. The smallest absolute Gasteiger partial charge is 0.274 e. The van der Waals surface area contributed by atoms with Crippen LogP contribution in [0.3, 0.4) is 0 Å². The molecule has 0 atom stereocenters. The largest absolute Gasteiger partial charge is 0.348 e. The van der Waals surface area contributed by atoms with Gasteiger partial charge in [0.15, 0.2) is 0 Å². The second kappa shape index (κ2) is 6.43. The van der Waals surface area contributed by atoms with E-state index in [1.165, 1.54) is 10.1 Å². The highest BCUT2D eigenvalue weighted by molar-refractivity contribution is 6.17. The molecule has 2 aromatic heterocycles. The van der Waals surface area contributed by atoms with Crippen LogP contribution >= 0.6 is 0 Å². The average Bonchev–Trinajstić information content (AvgIpc) is 2.97. The molecular weight excluding hydrogens is 338 g/mol. The van der Waals surface area contributed by atoms with Crippen molar-refractivity contribution < 1.29 is 4.79 Å². The van der Waals surface area contributed by atoms with E-state index in [2.05, 4.69) is 5.32 Å². The zero-order chi connectivity index (χ0) is 19.1. The molecule has 136 valence electrons. The highest BCUT2D eigenvalue weighted by Crippen LogP contribution is 2.28. The molecule has 4 rings (SSSR count). The molecule has 2 heterocycles. The van der Waals surface area contributed by atoms with Crippen molar-refractivity contribution in [3.05, 3.63) is 81.8 Å². The molecule has 2 aromatic carbocycles. The number of nitrogens with zero attached hydrogens (tertiary/aromatic N) is 2. The zero-order valence-electron chi connectivity index (χ0n) is 15.6. The summed E-state index contributed by atoms with van der Waals surface area (Å²) < 4.78 is 3.34. The Kier molecular flexibility index (Phi) is 4.07. The summed E-state index contributed by atoms with van der Waals surface area (Å²) >= 11 is 0. The molecule has 0 aliphatic rings.